The number of rotatable bonds is 8. The summed E-state index contributed by atoms with van der Waals surface area (Å²) in [6.45, 7) is 11.3. The molecule has 0 radical (unpaired) electrons. The fourth-order valence-corrected chi connectivity index (χ4v) is 2.49. The van der Waals surface area contributed by atoms with Crippen LogP contribution in [0.4, 0.5) is 17.2 Å². The summed E-state index contributed by atoms with van der Waals surface area (Å²) in [4.78, 5) is 18.9. The summed E-state index contributed by atoms with van der Waals surface area (Å²) in [6.07, 6.45) is 1.60. The Labute approximate surface area is 150 Å². The van der Waals surface area contributed by atoms with Crippen molar-refractivity contribution in [1.82, 2.24) is 4.98 Å². The van der Waals surface area contributed by atoms with Crippen LogP contribution in [-0.2, 0) is 0 Å². The normalized spacial score (nSPS) is 10.6. The summed E-state index contributed by atoms with van der Waals surface area (Å²) in [5.41, 5.74) is 2.48. The van der Waals surface area contributed by atoms with Gasteiger partial charge in [-0.2, -0.15) is 0 Å². The molecule has 0 spiro atoms. The summed E-state index contributed by atoms with van der Waals surface area (Å²) in [5.74, 6) is 1.18. The second-order valence-electron chi connectivity index (χ2n) is 6.38. The van der Waals surface area contributed by atoms with Gasteiger partial charge in [0, 0.05) is 37.2 Å². The first-order chi connectivity index (χ1) is 12.0. The second kappa shape index (κ2) is 9.06. The molecule has 0 fully saturated rings. The van der Waals surface area contributed by atoms with Gasteiger partial charge in [0.2, 0.25) is 0 Å². The number of nitrogens with one attached hydrogen (secondary N) is 2. The van der Waals surface area contributed by atoms with E-state index in [1.165, 1.54) is 0 Å². The van der Waals surface area contributed by atoms with Crippen molar-refractivity contribution in [3.63, 3.8) is 0 Å². The summed E-state index contributed by atoms with van der Waals surface area (Å²) in [5, 5.41) is 6.15. The summed E-state index contributed by atoms with van der Waals surface area (Å²) in [6, 6.07) is 11.5. The van der Waals surface area contributed by atoms with Gasteiger partial charge in [-0.3, -0.25) is 4.79 Å². The van der Waals surface area contributed by atoms with Crippen LogP contribution in [0.5, 0.6) is 0 Å². The van der Waals surface area contributed by atoms with Crippen LogP contribution in [0, 0.1) is 5.92 Å². The van der Waals surface area contributed by atoms with Crippen molar-refractivity contribution in [2.24, 2.45) is 5.92 Å². The van der Waals surface area contributed by atoms with Crippen LogP contribution in [0.2, 0.25) is 0 Å². The zero-order chi connectivity index (χ0) is 18.2. The SMILES string of the molecule is CCN(CC)c1ccc(NC(=O)c2ccc(NCC(C)C)nc2)cc1. The molecule has 25 heavy (non-hydrogen) atoms. The Morgan fingerprint density at radius 2 is 1.76 bits per heavy atom. The summed E-state index contributed by atoms with van der Waals surface area (Å²) in [7, 11) is 0. The van der Waals surface area contributed by atoms with Crippen LogP contribution in [-0.4, -0.2) is 30.5 Å². The first-order valence-electron chi connectivity index (χ1n) is 8.89. The maximum absolute atomic E-state index is 12.3. The van der Waals surface area contributed by atoms with Crippen LogP contribution >= 0.6 is 0 Å². The molecule has 5 heteroatoms. The molecule has 0 saturated heterocycles. The summed E-state index contributed by atoms with van der Waals surface area (Å²) < 4.78 is 0. The molecule has 1 aromatic carbocycles. The molecular formula is C20H28N4O. The smallest absolute Gasteiger partial charge is 0.257 e. The highest BCUT2D eigenvalue weighted by Gasteiger charge is 2.08. The van der Waals surface area contributed by atoms with Gasteiger partial charge in [0.15, 0.2) is 0 Å². The largest absolute Gasteiger partial charge is 0.372 e. The van der Waals surface area contributed by atoms with Crippen LogP contribution in [0.3, 0.4) is 0 Å². The third-order valence-corrected chi connectivity index (χ3v) is 3.97. The Bertz CT molecular complexity index is 661. The Balaban J connectivity index is 1.97. The van der Waals surface area contributed by atoms with Crippen molar-refractivity contribution in [3.8, 4) is 0 Å². The standard InChI is InChI=1S/C20H28N4O/c1-5-24(6-2)18-10-8-17(9-11-18)23-20(25)16-7-12-19(22-14-16)21-13-15(3)4/h7-12,14-15H,5-6,13H2,1-4H3,(H,21,22)(H,23,25). The quantitative estimate of drug-likeness (QED) is 0.754. The monoisotopic (exact) mass is 340 g/mol. The van der Waals surface area contributed by atoms with Crippen molar-refractivity contribution in [2.45, 2.75) is 27.7 Å². The summed E-state index contributed by atoms with van der Waals surface area (Å²) >= 11 is 0. The van der Waals surface area contributed by atoms with E-state index in [0.29, 0.717) is 11.5 Å². The molecule has 0 bridgehead atoms. The van der Waals surface area contributed by atoms with E-state index < -0.39 is 0 Å². The zero-order valence-corrected chi connectivity index (χ0v) is 15.5. The first-order valence-corrected chi connectivity index (χ1v) is 8.89. The lowest BCUT2D eigenvalue weighted by molar-refractivity contribution is 0.102. The molecular weight excluding hydrogens is 312 g/mol. The van der Waals surface area contributed by atoms with E-state index in [1.807, 2.05) is 30.3 Å². The van der Waals surface area contributed by atoms with E-state index in [9.17, 15) is 4.79 Å². The Hall–Kier alpha value is -2.56. The molecule has 2 aromatic rings. The molecule has 1 heterocycles. The number of anilines is 3. The topological polar surface area (TPSA) is 57.3 Å². The fraction of sp³-hybridized carbons (Fsp3) is 0.400. The lowest BCUT2D eigenvalue weighted by Crippen LogP contribution is -2.21. The molecule has 0 aliphatic rings. The highest BCUT2D eigenvalue weighted by molar-refractivity contribution is 6.04. The molecule has 0 aliphatic carbocycles. The Morgan fingerprint density at radius 3 is 2.28 bits per heavy atom. The minimum absolute atomic E-state index is 0.154. The van der Waals surface area contributed by atoms with E-state index in [4.69, 9.17) is 0 Å². The number of nitrogens with zero attached hydrogens (tertiary/aromatic N) is 2. The van der Waals surface area contributed by atoms with Gasteiger partial charge in [-0.25, -0.2) is 4.98 Å². The van der Waals surface area contributed by atoms with Gasteiger partial charge in [-0.15, -0.1) is 0 Å². The number of carbonyl (C=O) groups is 1. The molecule has 0 aliphatic heterocycles. The first kappa shape index (κ1) is 18.8. The van der Waals surface area contributed by atoms with Crippen LogP contribution < -0.4 is 15.5 Å². The van der Waals surface area contributed by atoms with Gasteiger partial charge in [0.1, 0.15) is 5.82 Å². The molecule has 0 unspecified atom stereocenters. The van der Waals surface area contributed by atoms with E-state index in [2.05, 4.69) is 48.2 Å². The number of carbonyl (C=O) groups excluding carboxylic acids is 1. The average molecular weight is 340 g/mol. The molecule has 2 rings (SSSR count). The van der Waals surface area contributed by atoms with Gasteiger partial charge in [-0.05, 0) is 56.2 Å². The predicted octanol–water partition coefficient (Wildman–Crippen LogP) is 4.25. The maximum atomic E-state index is 12.3. The van der Waals surface area contributed by atoms with E-state index in [0.717, 1.165) is 36.8 Å². The molecule has 0 atom stereocenters. The lowest BCUT2D eigenvalue weighted by Gasteiger charge is -2.21. The zero-order valence-electron chi connectivity index (χ0n) is 15.5. The average Bonchev–Trinajstić information content (AvgIpc) is 2.62. The van der Waals surface area contributed by atoms with Crippen molar-refractivity contribution >= 4 is 23.1 Å². The van der Waals surface area contributed by atoms with Gasteiger partial charge in [0.05, 0.1) is 5.56 Å². The van der Waals surface area contributed by atoms with Gasteiger partial charge < -0.3 is 15.5 Å². The van der Waals surface area contributed by atoms with Crippen molar-refractivity contribution in [2.75, 3.05) is 35.2 Å². The Kier molecular flexibility index (Phi) is 6.81. The molecule has 1 amide bonds. The minimum Gasteiger partial charge on any atom is -0.372 e. The molecule has 5 nitrogen and oxygen atoms in total. The van der Waals surface area contributed by atoms with Gasteiger partial charge in [0.25, 0.3) is 5.91 Å². The van der Waals surface area contributed by atoms with Gasteiger partial charge >= 0.3 is 0 Å². The fourth-order valence-electron chi connectivity index (χ4n) is 2.49. The van der Waals surface area contributed by atoms with E-state index >= 15 is 0 Å². The van der Waals surface area contributed by atoms with Gasteiger partial charge in [-0.1, -0.05) is 13.8 Å². The number of benzene rings is 1. The number of hydrogen-bond donors (Lipinski definition) is 2. The maximum Gasteiger partial charge on any atom is 0.257 e. The Morgan fingerprint density at radius 1 is 1.08 bits per heavy atom. The number of amides is 1. The van der Waals surface area contributed by atoms with Crippen LogP contribution in [0.1, 0.15) is 38.1 Å². The van der Waals surface area contributed by atoms with Crippen molar-refractivity contribution in [3.05, 3.63) is 48.2 Å². The molecule has 1 aromatic heterocycles. The highest BCUT2D eigenvalue weighted by Crippen LogP contribution is 2.18. The third-order valence-electron chi connectivity index (χ3n) is 3.97. The van der Waals surface area contributed by atoms with Crippen molar-refractivity contribution in [1.29, 1.82) is 0 Å². The third kappa shape index (κ3) is 5.48. The van der Waals surface area contributed by atoms with E-state index in [1.54, 1.807) is 12.3 Å². The number of pyridine rings is 1. The molecule has 2 N–H and O–H groups in total. The lowest BCUT2D eigenvalue weighted by atomic mass is 10.2. The molecule has 134 valence electrons. The van der Waals surface area contributed by atoms with Crippen molar-refractivity contribution < 1.29 is 4.79 Å². The molecule has 0 saturated carbocycles. The number of aromatic nitrogens is 1. The van der Waals surface area contributed by atoms with Crippen LogP contribution in [0.25, 0.3) is 0 Å². The van der Waals surface area contributed by atoms with Crippen LogP contribution in [0.15, 0.2) is 42.6 Å². The number of hydrogen-bond acceptors (Lipinski definition) is 4. The highest BCUT2D eigenvalue weighted by atomic mass is 16.1. The minimum atomic E-state index is -0.154. The van der Waals surface area contributed by atoms with E-state index in [-0.39, 0.29) is 5.91 Å². The predicted molar refractivity (Wildman–Crippen MR) is 106 cm³/mol. The second-order valence-corrected chi connectivity index (χ2v) is 6.38.